The van der Waals surface area contributed by atoms with Crippen LogP contribution in [0.1, 0.15) is 42.2 Å². The number of aromatic nitrogens is 2. The smallest absolute Gasteiger partial charge is 0.312 e. The Bertz CT molecular complexity index is 833. The third-order valence-corrected chi connectivity index (χ3v) is 5.48. The maximum Gasteiger partial charge on any atom is 0.312 e. The first kappa shape index (κ1) is 19.1. The largest absolute Gasteiger partial charge is 0.481 e. The lowest BCUT2D eigenvalue weighted by Crippen LogP contribution is -2.56. The van der Waals surface area contributed by atoms with Gasteiger partial charge in [-0.05, 0) is 19.8 Å². The predicted molar refractivity (Wildman–Crippen MR) is 100 cm³/mol. The quantitative estimate of drug-likeness (QED) is 0.748. The molecule has 0 aliphatic carbocycles. The van der Waals surface area contributed by atoms with Crippen molar-refractivity contribution in [3.63, 3.8) is 0 Å². The summed E-state index contributed by atoms with van der Waals surface area (Å²) >= 11 is 0. The number of amides is 1. The van der Waals surface area contributed by atoms with Gasteiger partial charge in [0.05, 0.1) is 17.1 Å². The van der Waals surface area contributed by atoms with Gasteiger partial charge in [0.1, 0.15) is 5.69 Å². The highest BCUT2D eigenvalue weighted by Crippen LogP contribution is 2.38. The van der Waals surface area contributed by atoms with E-state index in [-0.39, 0.29) is 18.9 Å². The lowest BCUT2D eigenvalue weighted by molar-refractivity contribution is -0.162. The number of aliphatic hydroxyl groups is 1. The predicted octanol–water partition coefficient (Wildman–Crippen LogP) is 2.46. The van der Waals surface area contributed by atoms with Gasteiger partial charge in [-0.15, -0.1) is 0 Å². The Morgan fingerprint density at radius 3 is 2.63 bits per heavy atom. The highest BCUT2D eigenvalue weighted by molar-refractivity contribution is 6.01. The number of nitrogens with one attached hydrogen (secondary N) is 1. The van der Waals surface area contributed by atoms with Crippen LogP contribution in [0, 0.1) is 12.3 Å². The lowest BCUT2D eigenvalue weighted by Gasteiger charge is -2.42. The topological polar surface area (TPSA) is 107 Å². The van der Waals surface area contributed by atoms with Crippen molar-refractivity contribution < 1.29 is 19.8 Å². The average molecular weight is 371 g/mol. The van der Waals surface area contributed by atoms with E-state index in [9.17, 15) is 19.8 Å². The summed E-state index contributed by atoms with van der Waals surface area (Å²) in [5, 5.41) is 27.4. The number of aliphatic carboxylic acids is 1. The second kappa shape index (κ2) is 7.52. The Morgan fingerprint density at radius 1 is 1.33 bits per heavy atom. The van der Waals surface area contributed by atoms with Crippen molar-refractivity contribution in [2.75, 3.05) is 13.1 Å². The summed E-state index contributed by atoms with van der Waals surface area (Å²) in [5.41, 5.74) is 1.33. The maximum atomic E-state index is 13.2. The molecule has 1 aromatic carbocycles. The summed E-state index contributed by atoms with van der Waals surface area (Å²) in [6.07, 6.45) is 0.197. The first-order chi connectivity index (χ1) is 12.9. The molecule has 7 nitrogen and oxygen atoms in total. The van der Waals surface area contributed by atoms with Crippen molar-refractivity contribution in [2.45, 2.75) is 39.2 Å². The van der Waals surface area contributed by atoms with Crippen LogP contribution >= 0.6 is 0 Å². The number of carboxylic acids is 1. The summed E-state index contributed by atoms with van der Waals surface area (Å²) in [7, 11) is 0. The third kappa shape index (κ3) is 3.35. The monoisotopic (exact) mass is 371 g/mol. The van der Waals surface area contributed by atoms with Crippen LogP contribution in [0.5, 0.6) is 0 Å². The number of nitrogens with zero attached hydrogens (tertiary/aromatic N) is 2. The lowest BCUT2D eigenvalue weighted by atomic mass is 9.72. The number of carboxylic acid groups (broad SMARTS) is 1. The van der Waals surface area contributed by atoms with E-state index in [0.29, 0.717) is 36.3 Å². The number of carbonyl (C=O) groups is 2. The molecule has 1 aliphatic heterocycles. The molecule has 1 amide bonds. The van der Waals surface area contributed by atoms with Crippen LogP contribution in [0.4, 0.5) is 0 Å². The molecule has 144 valence electrons. The Morgan fingerprint density at radius 2 is 2.04 bits per heavy atom. The van der Waals surface area contributed by atoms with E-state index in [2.05, 4.69) is 10.2 Å². The zero-order valence-corrected chi connectivity index (χ0v) is 15.6. The molecule has 2 heterocycles. The van der Waals surface area contributed by atoms with Gasteiger partial charge in [-0.3, -0.25) is 14.7 Å². The van der Waals surface area contributed by atoms with Crippen LogP contribution in [0.25, 0.3) is 11.3 Å². The maximum absolute atomic E-state index is 13.2. The summed E-state index contributed by atoms with van der Waals surface area (Å²) in [5.74, 6) is -1.23. The number of aliphatic hydroxyl groups excluding tert-OH is 1. The van der Waals surface area contributed by atoms with Gasteiger partial charge >= 0.3 is 5.97 Å². The van der Waals surface area contributed by atoms with E-state index in [1.54, 1.807) is 6.92 Å². The SMILES string of the molecule is CCC[C@]1(C(=O)O)CCN(C(=O)c2c(-c3ccccc3)n[nH]c2C)C[C@@H]1O. The van der Waals surface area contributed by atoms with Gasteiger partial charge in [-0.2, -0.15) is 5.10 Å². The summed E-state index contributed by atoms with van der Waals surface area (Å²) in [6, 6.07) is 9.42. The number of rotatable bonds is 5. The molecule has 0 radical (unpaired) electrons. The molecule has 27 heavy (non-hydrogen) atoms. The Kier molecular flexibility index (Phi) is 5.32. The molecule has 2 aromatic rings. The Hall–Kier alpha value is -2.67. The molecule has 1 fully saturated rings. The van der Waals surface area contributed by atoms with Crippen LogP contribution < -0.4 is 0 Å². The van der Waals surface area contributed by atoms with Gasteiger partial charge in [0.2, 0.25) is 0 Å². The highest BCUT2D eigenvalue weighted by Gasteiger charge is 2.49. The first-order valence-electron chi connectivity index (χ1n) is 9.22. The number of β-amino-alcohol motifs (C(OH)–C–C–N with tert-alkyl or cyclic N) is 1. The molecule has 0 bridgehead atoms. The molecule has 3 rings (SSSR count). The third-order valence-electron chi connectivity index (χ3n) is 5.48. The zero-order chi connectivity index (χ0) is 19.6. The van der Waals surface area contributed by atoms with Gasteiger partial charge in [-0.1, -0.05) is 43.7 Å². The zero-order valence-electron chi connectivity index (χ0n) is 15.6. The van der Waals surface area contributed by atoms with Gasteiger partial charge in [0.25, 0.3) is 5.91 Å². The molecule has 1 aromatic heterocycles. The fourth-order valence-electron chi connectivity index (χ4n) is 3.91. The highest BCUT2D eigenvalue weighted by atomic mass is 16.4. The molecule has 1 saturated heterocycles. The molecule has 0 unspecified atom stereocenters. The normalized spacial score (nSPS) is 22.6. The first-order valence-corrected chi connectivity index (χ1v) is 9.22. The van der Waals surface area contributed by atoms with E-state index in [4.69, 9.17) is 0 Å². The molecule has 1 aliphatic rings. The second-order valence-corrected chi connectivity index (χ2v) is 7.17. The molecule has 0 spiro atoms. The average Bonchev–Trinajstić information content (AvgIpc) is 3.05. The van der Waals surface area contributed by atoms with E-state index >= 15 is 0 Å². The minimum absolute atomic E-state index is 0.00395. The van der Waals surface area contributed by atoms with Gasteiger partial charge in [0.15, 0.2) is 0 Å². The van der Waals surface area contributed by atoms with Crippen molar-refractivity contribution in [1.82, 2.24) is 15.1 Å². The van der Waals surface area contributed by atoms with E-state index in [1.165, 1.54) is 4.90 Å². The Labute approximate surface area is 158 Å². The number of aryl methyl sites for hydroxylation is 1. The molecule has 7 heteroatoms. The van der Waals surface area contributed by atoms with Gasteiger partial charge < -0.3 is 15.1 Å². The van der Waals surface area contributed by atoms with Crippen molar-refractivity contribution in [3.8, 4) is 11.3 Å². The van der Waals surface area contributed by atoms with E-state index < -0.39 is 17.5 Å². The summed E-state index contributed by atoms with van der Waals surface area (Å²) in [6.45, 7) is 3.98. The second-order valence-electron chi connectivity index (χ2n) is 7.17. The van der Waals surface area contributed by atoms with Crippen molar-refractivity contribution in [1.29, 1.82) is 0 Å². The van der Waals surface area contributed by atoms with Crippen molar-refractivity contribution in [2.24, 2.45) is 5.41 Å². The van der Waals surface area contributed by atoms with Crippen LogP contribution in [0.3, 0.4) is 0 Å². The van der Waals surface area contributed by atoms with Gasteiger partial charge in [0, 0.05) is 24.3 Å². The summed E-state index contributed by atoms with van der Waals surface area (Å²) < 4.78 is 0. The molecule has 2 atom stereocenters. The fraction of sp³-hybridized carbons (Fsp3) is 0.450. The van der Waals surface area contributed by atoms with Crippen molar-refractivity contribution in [3.05, 3.63) is 41.6 Å². The Balaban J connectivity index is 1.87. The number of likely N-dealkylation sites (tertiary alicyclic amines) is 1. The molecular formula is C20H25N3O4. The standard InChI is InChI=1S/C20H25N3O4/c1-3-9-20(19(26)27)10-11-23(12-15(20)24)18(25)16-13(2)21-22-17(16)14-7-5-4-6-8-14/h4-8,15,24H,3,9-12H2,1-2H3,(H,21,22)(H,26,27)/t15-,20-/m0/s1. The number of carbonyl (C=O) groups excluding carboxylic acids is 1. The number of piperidine rings is 1. The van der Waals surface area contributed by atoms with Crippen LogP contribution in [0.15, 0.2) is 30.3 Å². The molecule has 3 N–H and O–H groups in total. The number of H-pyrrole nitrogens is 1. The van der Waals surface area contributed by atoms with Crippen molar-refractivity contribution >= 4 is 11.9 Å². The fourth-order valence-corrected chi connectivity index (χ4v) is 3.91. The number of hydrogen-bond donors (Lipinski definition) is 3. The van der Waals surface area contributed by atoms with E-state index in [0.717, 1.165) is 5.56 Å². The van der Waals surface area contributed by atoms with Crippen LogP contribution in [-0.2, 0) is 4.79 Å². The minimum atomic E-state index is -1.18. The number of benzene rings is 1. The number of aromatic amines is 1. The van der Waals surface area contributed by atoms with E-state index in [1.807, 2.05) is 37.3 Å². The summed E-state index contributed by atoms with van der Waals surface area (Å²) in [4.78, 5) is 26.5. The minimum Gasteiger partial charge on any atom is -0.481 e. The van der Waals surface area contributed by atoms with Crippen LogP contribution in [-0.4, -0.2) is 56.4 Å². The van der Waals surface area contributed by atoms with Crippen LogP contribution in [0.2, 0.25) is 0 Å². The number of hydrogen-bond acceptors (Lipinski definition) is 4. The molecular weight excluding hydrogens is 346 g/mol. The van der Waals surface area contributed by atoms with Gasteiger partial charge in [-0.25, -0.2) is 0 Å². The molecule has 0 saturated carbocycles.